The second kappa shape index (κ2) is 5.63. The van der Waals surface area contributed by atoms with Gasteiger partial charge in [-0.1, -0.05) is 18.2 Å². The second-order valence-electron chi connectivity index (χ2n) is 1.95. The van der Waals surface area contributed by atoms with E-state index >= 15 is 0 Å². The highest BCUT2D eigenvalue weighted by atomic mass is 127. The third-order valence-electron chi connectivity index (χ3n) is 1.10. The molecule has 64 valence electrons. The highest BCUT2D eigenvalue weighted by Gasteiger charge is 1.98. The van der Waals surface area contributed by atoms with Crippen LogP contribution in [0.2, 0.25) is 0 Å². The van der Waals surface area contributed by atoms with Crippen LogP contribution in [0.15, 0.2) is 35.7 Å². The van der Waals surface area contributed by atoms with Gasteiger partial charge in [-0.3, -0.25) is 0 Å². The molecule has 0 aliphatic heterocycles. The maximum absolute atomic E-state index is 5.53. The van der Waals surface area contributed by atoms with Crippen LogP contribution in [0.25, 0.3) is 0 Å². The van der Waals surface area contributed by atoms with Crippen LogP contribution in [-0.2, 0) is 0 Å². The molecule has 1 aromatic rings. The van der Waals surface area contributed by atoms with E-state index in [2.05, 4.69) is 67.8 Å². The molecule has 0 atom stereocenters. The average molecular weight is 498 g/mol. The summed E-state index contributed by atoms with van der Waals surface area (Å²) >= 11 is 6.64. The average Bonchev–Trinajstić information content (AvgIpc) is 2.06. The van der Waals surface area contributed by atoms with Crippen LogP contribution in [0.5, 0.6) is 5.75 Å². The minimum absolute atomic E-state index is 0.882. The molecule has 12 heavy (non-hydrogen) atoms. The Balaban J connectivity index is 2.72. The van der Waals surface area contributed by atoms with E-state index in [-0.39, 0.29) is 0 Å². The van der Waals surface area contributed by atoms with Gasteiger partial charge >= 0.3 is 0 Å². The van der Waals surface area contributed by atoms with Gasteiger partial charge in [0.2, 0.25) is 0 Å². The van der Waals surface area contributed by atoms with E-state index in [1.807, 2.05) is 30.3 Å². The molecule has 0 bridgehead atoms. The van der Waals surface area contributed by atoms with E-state index < -0.39 is 0 Å². The highest BCUT2D eigenvalue weighted by Crippen LogP contribution is 2.27. The normalized spacial score (nSPS) is 9.25. The van der Waals surface area contributed by atoms with Crippen molar-refractivity contribution in [1.82, 2.24) is 0 Å². The van der Waals surface area contributed by atoms with E-state index in [1.165, 1.54) is 0 Å². The van der Waals surface area contributed by atoms with Crippen LogP contribution >= 0.6 is 67.8 Å². The number of rotatable bonds is 2. The van der Waals surface area contributed by atoms with Crippen molar-refractivity contribution >= 4 is 67.8 Å². The molecule has 0 heterocycles. The summed E-state index contributed by atoms with van der Waals surface area (Å²) < 4.78 is 7.58. The Morgan fingerprint density at radius 2 is 1.58 bits per heavy atom. The zero-order valence-corrected chi connectivity index (χ0v) is 12.4. The number of hydrogen-bond acceptors (Lipinski definition) is 1. The summed E-state index contributed by atoms with van der Waals surface area (Å²) in [5, 5.41) is 0. The molecule has 1 rings (SSSR count). The van der Waals surface area contributed by atoms with Crippen LogP contribution in [-0.4, -0.2) is 0 Å². The van der Waals surface area contributed by atoms with Crippen LogP contribution < -0.4 is 4.74 Å². The van der Waals surface area contributed by atoms with E-state index in [1.54, 1.807) is 0 Å². The van der Waals surface area contributed by atoms with Gasteiger partial charge in [0.1, 0.15) is 7.34 Å². The zero-order valence-electron chi connectivity index (χ0n) is 5.93. The van der Waals surface area contributed by atoms with Gasteiger partial charge < -0.3 is 4.74 Å². The first-order valence-corrected chi connectivity index (χ1v) is 6.37. The molecule has 1 aromatic carbocycles. The first-order chi connectivity index (χ1) is 5.70. The van der Waals surface area contributed by atoms with Gasteiger partial charge in [0.05, 0.1) is 0 Å². The molecule has 4 heteroatoms. The molecular formula is C8H5I3O. The summed E-state index contributed by atoms with van der Waals surface area (Å²) in [7, 11) is 0. The Bertz CT molecular complexity index is 278. The molecule has 0 aromatic heterocycles. The highest BCUT2D eigenvalue weighted by molar-refractivity contribution is 14.2. The van der Waals surface area contributed by atoms with Crippen molar-refractivity contribution in [2.24, 2.45) is 0 Å². The lowest BCUT2D eigenvalue weighted by molar-refractivity contribution is 0.475. The SMILES string of the molecule is IC(I)=C(I)Oc1ccccc1. The number of benzene rings is 1. The Hall–Kier alpha value is 0.950. The lowest BCUT2D eigenvalue weighted by Crippen LogP contribution is -1.86. The largest absolute Gasteiger partial charge is 0.449 e. The molecule has 0 fully saturated rings. The minimum atomic E-state index is 0.882. The van der Waals surface area contributed by atoms with Crippen LogP contribution in [0.3, 0.4) is 0 Å². The first-order valence-electron chi connectivity index (χ1n) is 3.14. The second-order valence-corrected chi connectivity index (χ2v) is 7.15. The third-order valence-corrected chi connectivity index (χ3v) is 4.90. The first kappa shape index (κ1) is 11.0. The van der Waals surface area contributed by atoms with Crippen molar-refractivity contribution in [2.75, 3.05) is 0 Å². The fraction of sp³-hybridized carbons (Fsp3) is 0. The summed E-state index contributed by atoms with van der Waals surface area (Å²) in [5.41, 5.74) is 0. The van der Waals surface area contributed by atoms with Crippen LogP contribution in [0.4, 0.5) is 0 Å². The Morgan fingerprint density at radius 1 is 1.00 bits per heavy atom. The molecule has 1 nitrogen and oxygen atoms in total. The fourth-order valence-electron chi connectivity index (χ4n) is 0.631. The standard InChI is InChI=1S/C8H5I3O/c9-7(10)8(11)12-6-4-2-1-3-5-6/h1-5H. The van der Waals surface area contributed by atoms with Crippen molar-refractivity contribution in [2.45, 2.75) is 0 Å². The Morgan fingerprint density at radius 3 is 2.08 bits per heavy atom. The number of halogens is 3. The molecular weight excluding hydrogens is 493 g/mol. The van der Waals surface area contributed by atoms with Gasteiger partial charge in [0.15, 0.2) is 3.77 Å². The van der Waals surface area contributed by atoms with Gasteiger partial charge in [-0.15, -0.1) is 0 Å². The summed E-state index contributed by atoms with van der Waals surface area (Å²) in [4.78, 5) is 0. The molecule has 0 spiro atoms. The molecule has 0 unspecified atom stereocenters. The quantitative estimate of drug-likeness (QED) is 0.432. The van der Waals surface area contributed by atoms with E-state index in [0.717, 1.165) is 11.1 Å². The summed E-state index contributed by atoms with van der Waals surface area (Å²) in [6.45, 7) is 0. The van der Waals surface area contributed by atoms with Gasteiger partial charge in [-0.25, -0.2) is 0 Å². The molecule has 0 N–H and O–H groups in total. The maximum Gasteiger partial charge on any atom is 0.183 e. The van der Waals surface area contributed by atoms with E-state index in [9.17, 15) is 0 Å². The third kappa shape index (κ3) is 3.77. The van der Waals surface area contributed by atoms with Crippen molar-refractivity contribution < 1.29 is 4.74 Å². The predicted molar refractivity (Wildman–Crippen MR) is 76.2 cm³/mol. The number of hydrogen-bond donors (Lipinski definition) is 0. The van der Waals surface area contributed by atoms with Gasteiger partial charge in [0.25, 0.3) is 0 Å². The Labute approximate surface area is 112 Å². The number of ether oxygens (including phenoxy) is 1. The fourth-order valence-corrected chi connectivity index (χ4v) is 1.11. The monoisotopic (exact) mass is 498 g/mol. The van der Waals surface area contributed by atoms with Crippen LogP contribution in [0, 0.1) is 0 Å². The van der Waals surface area contributed by atoms with Gasteiger partial charge in [-0.2, -0.15) is 0 Å². The van der Waals surface area contributed by atoms with E-state index in [4.69, 9.17) is 4.74 Å². The van der Waals surface area contributed by atoms with Crippen molar-refractivity contribution in [3.05, 3.63) is 35.7 Å². The van der Waals surface area contributed by atoms with Crippen molar-refractivity contribution in [1.29, 1.82) is 0 Å². The molecule has 0 radical (unpaired) electrons. The minimum Gasteiger partial charge on any atom is -0.449 e. The lowest BCUT2D eigenvalue weighted by atomic mass is 10.3. The van der Waals surface area contributed by atoms with Crippen LogP contribution in [0.1, 0.15) is 0 Å². The summed E-state index contributed by atoms with van der Waals surface area (Å²) in [6.07, 6.45) is 0. The molecule has 0 amide bonds. The summed E-state index contributed by atoms with van der Waals surface area (Å²) in [6, 6.07) is 9.76. The summed E-state index contributed by atoms with van der Waals surface area (Å²) in [5.74, 6) is 0.882. The lowest BCUT2D eigenvalue weighted by Gasteiger charge is -2.03. The number of para-hydroxylation sites is 1. The smallest absolute Gasteiger partial charge is 0.183 e. The van der Waals surface area contributed by atoms with Crippen molar-refractivity contribution in [3.8, 4) is 5.75 Å². The van der Waals surface area contributed by atoms with E-state index in [0.29, 0.717) is 0 Å². The zero-order chi connectivity index (χ0) is 8.97. The van der Waals surface area contributed by atoms with Gasteiger partial charge in [-0.05, 0) is 57.3 Å². The molecule has 0 aliphatic carbocycles. The maximum atomic E-state index is 5.53. The van der Waals surface area contributed by atoms with Crippen molar-refractivity contribution in [3.63, 3.8) is 0 Å². The topological polar surface area (TPSA) is 9.23 Å². The van der Waals surface area contributed by atoms with Gasteiger partial charge in [0, 0.05) is 22.6 Å². The molecule has 0 saturated heterocycles. The predicted octanol–water partition coefficient (Wildman–Crippen LogP) is 4.50. The Kier molecular flexibility index (Phi) is 5.18. The molecule has 0 saturated carbocycles. The molecule has 0 aliphatic rings.